The maximum absolute atomic E-state index is 12.6. The molecule has 5 nitrogen and oxygen atoms in total. The summed E-state index contributed by atoms with van der Waals surface area (Å²) >= 11 is 0. The molecule has 0 aromatic heterocycles. The molecule has 0 unspecified atom stereocenters. The van der Waals surface area contributed by atoms with Gasteiger partial charge in [-0.3, -0.25) is 4.79 Å². The van der Waals surface area contributed by atoms with E-state index in [-0.39, 0.29) is 11.9 Å². The molecule has 1 heterocycles. The van der Waals surface area contributed by atoms with Crippen LogP contribution in [0.2, 0.25) is 0 Å². The van der Waals surface area contributed by atoms with Crippen LogP contribution < -0.4 is 5.32 Å². The molecule has 1 saturated heterocycles. The first-order chi connectivity index (χ1) is 12.0. The number of benzene rings is 1. The molecule has 2 aliphatic carbocycles. The van der Waals surface area contributed by atoms with E-state index in [2.05, 4.69) is 29.6 Å². The number of carbonyl (C=O) groups excluding carboxylic acids is 2. The summed E-state index contributed by atoms with van der Waals surface area (Å²) in [7, 11) is 3.60. The highest BCUT2D eigenvalue weighted by atomic mass is 16.2. The van der Waals surface area contributed by atoms with E-state index in [1.807, 2.05) is 4.90 Å². The van der Waals surface area contributed by atoms with Crippen molar-refractivity contribution in [3.63, 3.8) is 0 Å². The van der Waals surface area contributed by atoms with Crippen molar-refractivity contribution in [2.75, 3.05) is 27.2 Å². The predicted molar refractivity (Wildman–Crippen MR) is 96.3 cm³/mol. The van der Waals surface area contributed by atoms with Crippen molar-refractivity contribution in [3.8, 4) is 0 Å². The van der Waals surface area contributed by atoms with Gasteiger partial charge in [-0.25, -0.2) is 4.79 Å². The predicted octanol–water partition coefficient (Wildman–Crippen LogP) is 2.22. The summed E-state index contributed by atoms with van der Waals surface area (Å²) in [5.41, 5.74) is 2.88. The van der Waals surface area contributed by atoms with Gasteiger partial charge in [-0.1, -0.05) is 24.3 Å². The lowest BCUT2D eigenvalue weighted by atomic mass is 9.93. The lowest BCUT2D eigenvalue weighted by Gasteiger charge is -2.32. The second-order valence-electron chi connectivity index (χ2n) is 7.99. The molecule has 0 bridgehead atoms. The number of fused-ring (bicyclic) bond motifs is 3. The van der Waals surface area contributed by atoms with Crippen molar-refractivity contribution < 1.29 is 9.59 Å². The van der Waals surface area contributed by atoms with Gasteiger partial charge in [0.15, 0.2) is 0 Å². The standard InChI is InChI=1S/C20H27N3O2/c1-22(2)17(24)11-13-7-9-23(10-8-13)20(25)21-19-16-12-14-5-3-4-6-15(14)18(16)19/h3-6,13,16,18-19H,7-12H2,1-2H3,(H,21,25)/t16-,18+,19+/m0/s1. The molecule has 1 saturated carbocycles. The van der Waals surface area contributed by atoms with Gasteiger partial charge in [0.2, 0.25) is 5.91 Å². The largest absolute Gasteiger partial charge is 0.349 e. The van der Waals surface area contributed by atoms with Gasteiger partial charge < -0.3 is 15.1 Å². The number of rotatable bonds is 3. The van der Waals surface area contributed by atoms with Gasteiger partial charge >= 0.3 is 6.03 Å². The highest BCUT2D eigenvalue weighted by Gasteiger charge is 2.56. The summed E-state index contributed by atoms with van der Waals surface area (Å²) in [6.45, 7) is 1.52. The summed E-state index contributed by atoms with van der Waals surface area (Å²) in [4.78, 5) is 28.0. The highest BCUT2D eigenvalue weighted by Crippen LogP contribution is 2.56. The fourth-order valence-corrected chi connectivity index (χ4v) is 4.55. The van der Waals surface area contributed by atoms with E-state index in [0.29, 0.717) is 30.2 Å². The van der Waals surface area contributed by atoms with Crippen LogP contribution in [-0.4, -0.2) is 55.0 Å². The Morgan fingerprint density at radius 3 is 2.64 bits per heavy atom. The second kappa shape index (κ2) is 6.36. The lowest BCUT2D eigenvalue weighted by molar-refractivity contribution is -0.129. The Morgan fingerprint density at radius 1 is 1.20 bits per heavy atom. The molecule has 1 aromatic rings. The number of likely N-dealkylation sites (tertiary alicyclic amines) is 1. The Balaban J connectivity index is 1.25. The SMILES string of the molecule is CN(C)C(=O)CC1CCN(C(=O)N[C@@H]2[C@H]3Cc4ccccc4[C@H]32)CC1. The van der Waals surface area contributed by atoms with Crippen molar-refractivity contribution >= 4 is 11.9 Å². The van der Waals surface area contributed by atoms with Gasteiger partial charge in [0, 0.05) is 45.6 Å². The molecule has 3 amide bonds. The first-order valence-corrected chi connectivity index (χ1v) is 9.38. The maximum atomic E-state index is 12.6. The van der Waals surface area contributed by atoms with Gasteiger partial charge in [0.05, 0.1) is 0 Å². The summed E-state index contributed by atoms with van der Waals surface area (Å²) in [6.07, 6.45) is 3.55. The van der Waals surface area contributed by atoms with E-state index in [0.717, 1.165) is 32.4 Å². The van der Waals surface area contributed by atoms with Crippen molar-refractivity contribution in [2.45, 2.75) is 37.6 Å². The number of hydrogen-bond acceptors (Lipinski definition) is 2. The fraction of sp³-hybridized carbons (Fsp3) is 0.600. The fourth-order valence-electron chi connectivity index (χ4n) is 4.55. The van der Waals surface area contributed by atoms with E-state index in [1.165, 1.54) is 11.1 Å². The van der Waals surface area contributed by atoms with Gasteiger partial charge in [-0.15, -0.1) is 0 Å². The number of nitrogens with zero attached hydrogens (tertiary/aromatic N) is 2. The van der Waals surface area contributed by atoms with Crippen molar-refractivity contribution in [2.24, 2.45) is 11.8 Å². The Kier molecular flexibility index (Phi) is 4.18. The second-order valence-corrected chi connectivity index (χ2v) is 7.99. The molecule has 0 radical (unpaired) electrons. The molecule has 134 valence electrons. The smallest absolute Gasteiger partial charge is 0.317 e. The topological polar surface area (TPSA) is 52.7 Å². The molecule has 4 rings (SSSR count). The summed E-state index contributed by atoms with van der Waals surface area (Å²) < 4.78 is 0. The van der Waals surface area contributed by atoms with Crippen LogP contribution >= 0.6 is 0 Å². The van der Waals surface area contributed by atoms with E-state index >= 15 is 0 Å². The number of piperidine rings is 1. The number of hydrogen-bond donors (Lipinski definition) is 1. The van der Waals surface area contributed by atoms with Gasteiger partial charge in [-0.2, -0.15) is 0 Å². The molecule has 1 N–H and O–H groups in total. The third-order valence-electron chi connectivity index (χ3n) is 6.19. The molecule has 5 heteroatoms. The third-order valence-corrected chi connectivity index (χ3v) is 6.19. The molecular weight excluding hydrogens is 314 g/mol. The molecule has 2 fully saturated rings. The minimum Gasteiger partial charge on any atom is -0.349 e. The molecule has 3 atom stereocenters. The average molecular weight is 341 g/mol. The van der Waals surface area contributed by atoms with Crippen LogP contribution in [0.25, 0.3) is 0 Å². The zero-order valence-corrected chi connectivity index (χ0v) is 15.1. The Labute approximate surface area is 149 Å². The molecule has 3 aliphatic rings. The zero-order chi connectivity index (χ0) is 17.6. The van der Waals surface area contributed by atoms with Crippen LogP contribution in [0, 0.1) is 11.8 Å². The quantitative estimate of drug-likeness (QED) is 0.916. The van der Waals surface area contributed by atoms with E-state index in [4.69, 9.17) is 0 Å². The van der Waals surface area contributed by atoms with E-state index < -0.39 is 0 Å². The van der Waals surface area contributed by atoms with Crippen LogP contribution in [-0.2, 0) is 11.2 Å². The summed E-state index contributed by atoms with van der Waals surface area (Å²) in [5, 5.41) is 3.25. The van der Waals surface area contributed by atoms with E-state index in [1.54, 1.807) is 19.0 Å². The Hall–Kier alpha value is -2.04. The van der Waals surface area contributed by atoms with Crippen LogP contribution in [0.1, 0.15) is 36.3 Å². The third kappa shape index (κ3) is 3.12. The molecular formula is C20H27N3O2. The van der Waals surface area contributed by atoms with Crippen LogP contribution in [0.15, 0.2) is 24.3 Å². The summed E-state index contributed by atoms with van der Waals surface area (Å²) in [6, 6.07) is 9.00. The molecule has 1 aliphatic heterocycles. The van der Waals surface area contributed by atoms with E-state index in [9.17, 15) is 9.59 Å². The molecule has 25 heavy (non-hydrogen) atoms. The zero-order valence-electron chi connectivity index (χ0n) is 15.1. The number of urea groups is 1. The average Bonchev–Trinajstić information content (AvgIpc) is 3.12. The van der Waals surface area contributed by atoms with Gasteiger partial charge in [0.25, 0.3) is 0 Å². The summed E-state index contributed by atoms with van der Waals surface area (Å²) in [5.74, 6) is 1.71. The maximum Gasteiger partial charge on any atom is 0.317 e. The first kappa shape index (κ1) is 16.4. The Bertz CT molecular complexity index is 679. The van der Waals surface area contributed by atoms with Crippen LogP contribution in [0.3, 0.4) is 0 Å². The molecule has 0 spiro atoms. The van der Waals surface area contributed by atoms with Crippen molar-refractivity contribution in [1.29, 1.82) is 0 Å². The highest BCUT2D eigenvalue weighted by molar-refractivity contribution is 5.77. The van der Waals surface area contributed by atoms with Gasteiger partial charge in [0.1, 0.15) is 0 Å². The minimum absolute atomic E-state index is 0.0780. The van der Waals surface area contributed by atoms with Crippen LogP contribution in [0.5, 0.6) is 0 Å². The minimum atomic E-state index is 0.0780. The number of amides is 3. The Morgan fingerprint density at radius 2 is 1.92 bits per heavy atom. The normalized spacial score (nSPS) is 27.4. The van der Waals surface area contributed by atoms with Crippen LogP contribution in [0.4, 0.5) is 4.79 Å². The molecule has 1 aromatic carbocycles. The number of nitrogens with one attached hydrogen (secondary N) is 1. The lowest BCUT2D eigenvalue weighted by Crippen LogP contribution is -2.46. The van der Waals surface area contributed by atoms with Crippen molar-refractivity contribution in [1.82, 2.24) is 15.1 Å². The first-order valence-electron chi connectivity index (χ1n) is 9.38. The number of carbonyl (C=O) groups is 2. The van der Waals surface area contributed by atoms with Crippen molar-refractivity contribution in [3.05, 3.63) is 35.4 Å². The monoisotopic (exact) mass is 341 g/mol. The van der Waals surface area contributed by atoms with Gasteiger partial charge in [-0.05, 0) is 42.2 Å².